The summed E-state index contributed by atoms with van der Waals surface area (Å²) in [6, 6.07) is 11.2. The van der Waals surface area contributed by atoms with Gasteiger partial charge in [-0.15, -0.1) is 0 Å². The predicted molar refractivity (Wildman–Crippen MR) is 114 cm³/mol. The summed E-state index contributed by atoms with van der Waals surface area (Å²) in [6.07, 6.45) is 10.4. The van der Waals surface area contributed by atoms with Crippen LogP contribution in [0.15, 0.2) is 30.3 Å². The Morgan fingerprint density at radius 1 is 1.29 bits per heavy atom. The van der Waals surface area contributed by atoms with Gasteiger partial charge in [0.05, 0.1) is 6.07 Å². The average Bonchev–Trinajstić information content (AvgIpc) is 2.74. The molecule has 4 nitrogen and oxygen atoms in total. The minimum atomic E-state index is -0.119. The van der Waals surface area contributed by atoms with E-state index < -0.39 is 0 Å². The molecule has 4 heteroatoms. The molecule has 0 aromatic heterocycles. The molecule has 0 atom stereocenters. The van der Waals surface area contributed by atoms with Crippen LogP contribution in [-0.2, 0) is 11.2 Å². The van der Waals surface area contributed by atoms with Crippen molar-refractivity contribution in [3.05, 3.63) is 41.5 Å². The summed E-state index contributed by atoms with van der Waals surface area (Å²) in [4.78, 5) is 14.1. The molecule has 0 bridgehead atoms. The zero-order valence-electron chi connectivity index (χ0n) is 17.1. The fourth-order valence-electron chi connectivity index (χ4n) is 4.48. The van der Waals surface area contributed by atoms with Gasteiger partial charge in [-0.1, -0.05) is 37.3 Å². The van der Waals surface area contributed by atoms with Crippen molar-refractivity contribution in [3.8, 4) is 6.07 Å². The standard InChI is InChI=1S/C24H33N3O/c1-2-19-4-3-5-22(18-19)21-12-16-27(17-13-21)15-11-20-6-8-23(9-7-20)26-24(28)10-14-25/h3-5,12,18,20,23H,2,6-11,13,15-17H2,1H3,(H,26,28). The number of nitriles is 1. The van der Waals surface area contributed by atoms with Crippen molar-refractivity contribution >= 4 is 11.5 Å². The van der Waals surface area contributed by atoms with E-state index in [4.69, 9.17) is 5.26 Å². The maximum absolute atomic E-state index is 11.5. The molecule has 28 heavy (non-hydrogen) atoms. The Bertz CT molecular complexity index is 726. The van der Waals surface area contributed by atoms with Gasteiger partial charge in [0.25, 0.3) is 0 Å². The van der Waals surface area contributed by atoms with Crippen LogP contribution in [0.3, 0.4) is 0 Å². The molecular formula is C24H33N3O. The highest BCUT2D eigenvalue weighted by molar-refractivity contribution is 5.78. The third kappa shape index (κ3) is 5.94. The maximum atomic E-state index is 11.5. The first-order valence-corrected chi connectivity index (χ1v) is 10.8. The van der Waals surface area contributed by atoms with Gasteiger partial charge in [0, 0.05) is 19.1 Å². The van der Waals surface area contributed by atoms with Crippen LogP contribution >= 0.6 is 0 Å². The van der Waals surface area contributed by atoms with E-state index in [1.54, 1.807) is 0 Å². The average molecular weight is 380 g/mol. The summed E-state index contributed by atoms with van der Waals surface area (Å²) in [5.41, 5.74) is 4.32. The first kappa shape index (κ1) is 20.6. The number of rotatable bonds is 7. The second kappa shape index (κ2) is 10.4. The lowest BCUT2D eigenvalue weighted by molar-refractivity contribution is -0.121. The zero-order valence-corrected chi connectivity index (χ0v) is 17.1. The summed E-state index contributed by atoms with van der Waals surface area (Å²) < 4.78 is 0. The summed E-state index contributed by atoms with van der Waals surface area (Å²) in [5, 5.41) is 11.6. The minimum absolute atomic E-state index is 0.0207. The number of benzene rings is 1. The second-order valence-electron chi connectivity index (χ2n) is 8.24. The summed E-state index contributed by atoms with van der Waals surface area (Å²) in [7, 11) is 0. The molecule has 3 rings (SSSR count). The second-order valence-corrected chi connectivity index (χ2v) is 8.24. The van der Waals surface area contributed by atoms with Gasteiger partial charge in [-0.2, -0.15) is 5.26 Å². The Hall–Kier alpha value is -2.12. The van der Waals surface area contributed by atoms with Crippen molar-refractivity contribution in [3.63, 3.8) is 0 Å². The van der Waals surface area contributed by atoms with Gasteiger partial charge < -0.3 is 5.32 Å². The van der Waals surface area contributed by atoms with Gasteiger partial charge >= 0.3 is 0 Å². The number of nitrogens with one attached hydrogen (secondary N) is 1. The van der Waals surface area contributed by atoms with Crippen LogP contribution in [-0.4, -0.2) is 36.5 Å². The lowest BCUT2D eigenvalue weighted by atomic mass is 9.84. The summed E-state index contributed by atoms with van der Waals surface area (Å²) >= 11 is 0. The van der Waals surface area contributed by atoms with Crippen LogP contribution in [0.4, 0.5) is 0 Å². The molecule has 1 saturated carbocycles. The third-order valence-corrected chi connectivity index (χ3v) is 6.30. The fraction of sp³-hybridized carbons (Fsp3) is 0.583. The highest BCUT2D eigenvalue weighted by Crippen LogP contribution is 2.28. The molecule has 1 aromatic rings. The van der Waals surface area contributed by atoms with Crippen molar-refractivity contribution in [1.82, 2.24) is 10.2 Å². The van der Waals surface area contributed by atoms with Crippen molar-refractivity contribution in [2.45, 2.75) is 64.3 Å². The van der Waals surface area contributed by atoms with E-state index in [1.165, 1.54) is 42.5 Å². The quantitative estimate of drug-likeness (QED) is 0.768. The number of carbonyl (C=O) groups is 1. The Morgan fingerprint density at radius 2 is 2.11 bits per heavy atom. The van der Waals surface area contributed by atoms with Crippen LogP contribution in [0.25, 0.3) is 5.57 Å². The van der Waals surface area contributed by atoms with Gasteiger partial charge in [-0.3, -0.25) is 9.69 Å². The normalized spacial score (nSPS) is 22.9. The summed E-state index contributed by atoms with van der Waals surface area (Å²) in [5.74, 6) is 0.655. The van der Waals surface area contributed by atoms with Gasteiger partial charge in [-0.05, 0) is 74.1 Å². The lowest BCUT2D eigenvalue weighted by Gasteiger charge is -2.32. The number of amides is 1. The first-order valence-electron chi connectivity index (χ1n) is 10.8. The molecular weight excluding hydrogens is 346 g/mol. The van der Waals surface area contributed by atoms with Gasteiger partial charge in [0.1, 0.15) is 6.42 Å². The van der Waals surface area contributed by atoms with Crippen LogP contribution in [0.5, 0.6) is 0 Å². The predicted octanol–water partition coefficient (Wildman–Crippen LogP) is 4.32. The Labute approximate surface area is 169 Å². The van der Waals surface area contributed by atoms with Gasteiger partial charge in [0.2, 0.25) is 5.91 Å². The topological polar surface area (TPSA) is 56.1 Å². The summed E-state index contributed by atoms with van der Waals surface area (Å²) in [6.45, 7) is 5.60. The molecule has 0 spiro atoms. The highest BCUT2D eigenvalue weighted by atomic mass is 16.1. The van der Waals surface area contributed by atoms with Crippen LogP contribution < -0.4 is 5.32 Å². The van der Waals surface area contributed by atoms with E-state index in [0.29, 0.717) is 0 Å². The molecule has 0 saturated heterocycles. The highest BCUT2D eigenvalue weighted by Gasteiger charge is 2.23. The molecule has 1 fully saturated rings. The van der Waals surface area contributed by atoms with Crippen molar-refractivity contribution < 1.29 is 4.79 Å². The van der Waals surface area contributed by atoms with E-state index in [9.17, 15) is 4.79 Å². The Kier molecular flexibility index (Phi) is 7.68. The molecule has 1 heterocycles. The molecule has 1 N–H and O–H groups in total. The molecule has 150 valence electrons. The smallest absolute Gasteiger partial charge is 0.234 e. The van der Waals surface area contributed by atoms with Crippen molar-refractivity contribution in [1.29, 1.82) is 5.26 Å². The molecule has 0 unspecified atom stereocenters. The zero-order chi connectivity index (χ0) is 19.8. The largest absolute Gasteiger partial charge is 0.352 e. The Morgan fingerprint density at radius 3 is 2.79 bits per heavy atom. The lowest BCUT2D eigenvalue weighted by Crippen LogP contribution is -2.38. The van der Waals surface area contributed by atoms with Crippen molar-refractivity contribution in [2.24, 2.45) is 5.92 Å². The SMILES string of the molecule is CCc1cccc(C2=CCN(CCC3CCC(NC(=O)CC#N)CC3)CC2)c1. The van der Waals surface area contributed by atoms with E-state index in [2.05, 4.69) is 47.5 Å². The number of hydrogen-bond donors (Lipinski definition) is 1. The monoisotopic (exact) mass is 379 g/mol. The van der Waals surface area contributed by atoms with E-state index in [0.717, 1.165) is 44.7 Å². The molecule has 1 amide bonds. The number of aryl methyl sites for hydroxylation is 1. The molecule has 1 aliphatic carbocycles. The fourth-order valence-corrected chi connectivity index (χ4v) is 4.48. The van der Waals surface area contributed by atoms with E-state index >= 15 is 0 Å². The van der Waals surface area contributed by atoms with Gasteiger partial charge in [-0.25, -0.2) is 0 Å². The maximum Gasteiger partial charge on any atom is 0.234 e. The van der Waals surface area contributed by atoms with E-state index in [-0.39, 0.29) is 18.4 Å². The van der Waals surface area contributed by atoms with Crippen LogP contribution in [0.2, 0.25) is 0 Å². The van der Waals surface area contributed by atoms with Crippen molar-refractivity contribution in [2.75, 3.05) is 19.6 Å². The van der Waals surface area contributed by atoms with Crippen LogP contribution in [0, 0.1) is 17.2 Å². The molecule has 1 aromatic carbocycles. The third-order valence-electron chi connectivity index (χ3n) is 6.30. The minimum Gasteiger partial charge on any atom is -0.352 e. The first-order chi connectivity index (χ1) is 13.7. The molecule has 1 aliphatic heterocycles. The Balaban J connectivity index is 1.38. The molecule has 0 radical (unpaired) electrons. The van der Waals surface area contributed by atoms with Gasteiger partial charge in [0.15, 0.2) is 0 Å². The van der Waals surface area contributed by atoms with Crippen LogP contribution in [0.1, 0.15) is 63.0 Å². The number of nitrogens with zero attached hydrogens (tertiary/aromatic N) is 2. The number of hydrogen-bond acceptors (Lipinski definition) is 3. The number of carbonyl (C=O) groups excluding carboxylic acids is 1. The van der Waals surface area contributed by atoms with E-state index in [1.807, 2.05) is 6.07 Å². The molecule has 2 aliphatic rings.